The van der Waals surface area contributed by atoms with Crippen molar-refractivity contribution in [2.24, 2.45) is 0 Å². The second kappa shape index (κ2) is 7.06. The Morgan fingerprint density at radius 3 is 2.69 bits per heavy atom. The van der Waals surface area contributed by atoms with Gasteiger partial charge in [0.25, 0.3) is 5.91 Å². The quantitative estimate of drug-likeness (QED) is 0.643. The van der Waals surface area contributed by atoms with Crippen LogP contribution in [0, 0.1) is 0 Å². The van der Waals surface area contributed by atoms with E-state index in [1.807, 2.05) is 0 Å². The molecule has 0 saturated carbocycles. The van der Waals surface area contributed by atoms with Gasteiger partial charge in [0.15, 0.2) is 0 Å². The van der Waals surface area contributed by atoms with Crippen LogP contribution in [0.5, 0.6) is 5.75 Å². The number of halogens is 1. The highest BCUT2D eigenvalue weighted by Crippen LogP contribution is 2.12. The average molecular weight is 284 g/mol. The van der Waals surface area contributed by atoms with Crippen LogP contribution in [0.1, 0.15) is 10.4 Å². The molecule has 0 bridgehead atoms. The van der Waals surface area contributed by atoms with E-state index in [0.717, 1.165) is 11.1 Å². The molecular weight excluding hydrogens is 270 g/mol. The van der Waals surface area contributed by atoms with Crippen molar-refractivity contribution < 1.29 is 9.53 Å². The fraction of sp³-hybridized carbons (Fsp3) is 0.250. The molecule has 0 saturated heterocycles. The second-order valence-electron chi connectivity index (χ2n) is 3.06. The van der Waals surface area contributed by atoms with Gasteiger partial charge in [0.1, 0.15) is 5.75 Å². The first-order valence-electron chi connectivity index (χ1n) is 4.96. The first-order valence-corrected chi connectivity index (χ1v) is 6.08. The van der Waals surface area contributed by atoms with Gasteiger partial charge in [0.2, 0.25) is 0 Å². The minimum absolute atomic E-state index is 0.105. The SMILES string of the molecule is C=CCNC(=O)c1ccc(OCCBr)cc1. The lowest BCUT2D eigenvalue weighted by Crippen LogP contribution is -2.22. The van der Waals surface area contributed by atoms with E-state index in [9.17, 15) is 4.79 Å². The molecule has 0 unspecified atom stereocenters. The van der Waals surface area contributed by atoms with Crippen LogP contribution in [-0.4, -0.2) is 24.4 Å². The Balaban J connectivity index is 2.56. The molecule has 0 aliphatic heterocycles. The van der Waals surface area contributed by atoms with Crippen LogP contribution in [0.4, 0.5) is 0 Å². The smallest absolute Gasteiger partial charge is 0.251 e. The molecule has 0 atom stereocenters. The van der Waals surface area contributed by atoms with Gasteiger partial charge in [-0.05, 0) is 24.3 Å². The Kier molecular flexibility index (Phi) is 5.64. The van der Waals surface area contributed by atoms with Crippen molar-refractivity contribution in [2.75, 3.05) is 18.5 Å². The molecule has 0 fully saturated rings. The van der Waals surface area contributed by atoms with Crippen molar-refractivity contribution in [1.29, 1.82) is 0 Å². The molecule has 0 aliphatic carbocycles. The van der Waals surface area contributed by atoms with Crippen molar-refractivity contribution in [2.45, 2.75) is 0 Å². The number of carbonyl (C=O) groups excluding carboxylic acids is 1. The van der Waals surface area contributed by atoms with Gasteiger partial charge in [-0.25, -0.2) is 0 Å². The van der Waals surface area contributed by atoms with Gasteiger partial charge < -0.3 is 10.1 Å². The van der Waals surface area contributed by atoms with Gasteiger partial charge in [-0.3, -0.25) is 4.79 Å². The summed E-state index contributed by atoms with van der Waals surface area (Å²) in [5.41, 5.74) is 0.619. The lowest BCUT2D eigenvalue weighted by molar-refractivity contribution is 0.0958. The molecule has 1 aromatic rings. The molecule has 1 N–H and O–H groups in total. The lowest BCUT2D eigenvalue weighted by atomic mass is 10.2. The Labute approximate surface area is 104 Å². The molecular formula is C12H14BrNO2. The normalized spacial score (nSPS) is 9.56. The first kappa shape index (κ1) is 12.8. The molecule has 0 aromatic heterocycles. The third-order valence-corrected chi connectivity index (χ3v) is 2.19. The summed E-state index contributed by atoms with van der Waals surface area (Å²) in [4.78, 5) is 11.5. The van der Waals surface area contributed by atoms with Crippen molar-refractivity contribution in [3.63, 3.8) is 0 Å². The highest BCUT2D eigenvalue weighted by atomic mass is 79.9. The summed E-state index contributed by atoms with van der Waals surface area (Å²) in [6.07, 6.45) is 1.64. The summed E-state index contributed by atoms with van der Waals surface area (Å²) in [5.74, 6) is 0.659. The maximum atomic E-state index is 11.5. The van der Waals surface area contributed by atoms with E-state index in [2.05, 4.69) is 27.8 Å². The zero-order valence-electron chi connectivity index (χ0n) is 8.91. The van der Waals surface area contributed by atoms with Crippen molar-refractivity contribution in [3.8, 4) is 5.75 Å². The van der Waals surface area contributed by atoms with Crippen molar-refractivity contribution in [1.82, 2.24) is 5.32 Å². The predicted molar refractivity (Wildman–Crippen MR) is 68.3 cm³/mol. The zero-order valence-corrected chi connectivity index (χ0v) is 10.5. The minimum Gasteiger partial charge on any atom is -0.493 e. The molecule has 3 nitrogen and oxygen atoms in total. The van der Waals surface area contributed by atoms with Gasteiger partial charge >= 0.3 is 0 Å². The number of nitrogens with one attached hydrogen (secondary N) is 1. The summed E-state index contributed by atoms with van der Waals surface area (Å²) >= 11 is 3.27. The largest absolute Gasteiger partial charge is 0.493 e. The summed E-state index contributed by atoms with van der Waals surface area (Å²) in [5, 5.41) is 3.49. The van der Waals surface area contributed by atoms with E-state index in [0.29, 0.717) is 18.7 Å². The number of alkyl halides is 1. The van der Waals surface area contributed by atoms with E-state index < -0.39 is 0 Å². The molecule has 0 heterocycles. The van der Waals surface area contributed by atoms with E-state index >= 15 is 0 Å². The molecule has 1 rings (SSSR count). The van der Waals surface area contributed by atoms with Crippen LogP contribution in [0.25, 0.3) is 0 Å². The van der Waals surface area contributed by atoms with Gasteiger partial charge in [-0.15, -0.1) is 6.58 Å². The van der Waals surface area contributed by atoms with E-state index in [4.69, 9.17) is 4.74 Å². The Bertz CT molecular complexity index is 349. The van der Waals surface area contributed by atoms with Crippen molar-refractivity contribution in [3.05, 3.63) is 42.5 Å². The average Bonchev–Trinajstić information content (AvgIpc) is 2.34. The highest BCUT2D eigenvalue weighted by Gasteiger charge is 2.03. The lowest BCUT2D eigenvalue weighted by Gasteiger charge is -2.05. The topological polar surface area (TPSA) is 38.3 Å². The summed E-state index contributed by atoms with van der Waals surface area (Å²) in [6.45, 7) is 4.62. The molecule has 0 radical (unpaired) electrons. The molecule has 0 aliphatic rings. The van der Waals surface area contributed by atoms with E-state index in [1.54, 1.807) is 30.3 Å². The van der Waals surface area contributed by atoms with E-state index in [-0.39, 0.29) is 5.91 Å². The summed E-state index contributed by atoms with van der Waals surface area (Å²) < 4.78 is 5.38. The van der Waals surface area contributed by atoms with Crippen molar-refractivity contribution >= 4 is 21.8 Å². The second-order valence-corrected chi connectivity index (χ2v) is 3.85. The fourth-order valence-corrected chi connectivity index (χ4v) is 1.29. The number of amides is 1. The van der Waals surface area contributed by atoms with Crippen LogP contribution in [0.2, 0.25) is 0 Å². The van der Waals surface area contributed by atoms with Gasteiger partial charge in [-0.1, -0.05) is 22.0 Å². The minimum atomic E-state index is -0.105. The molecule has 1 amide bonds. The van der Waals surface area contributed by atoms with Crippen LogP contribution in [0.3, 0.4) is 0 Å². The monoisotopic (exact) mass is 283 g/mol. The third-order valence-electron chi connectivity index (χ3n) is 1.87. The third kappa shape index (κ3) is 4.06. The molecule has 1 aromatic carbocycles. The van der Waals surface area contributed by atoms with Gasteiger partial charge in [0, 0.05) is 17.4 Å². The highest BCUT2D eigenvalue weighted by molar-refractivity contribution is 9.09. The van der Waals surface area contributed by atoms with Crippen LogP contribution >= 0.6 is 15.9 Å². The summed E-state index contributed by atoms with van der Waals surface area (Å²) in [7, 11) is 0. The number of carbonyl (C=O) groups is 1. The van der Waals surface area contributed by atoms with Crippen LogP contribution in [-0.2, 0) is 0 Å². The maximum Gasteiger partial charge on any atom is 0.251 e. The van der Waals surface area contributed by atoms with Gasteiger partial charge in [-0.2, -0.15) is 0 Å². The number of ether oxygens (including phenoxy) is 1. The molecule has 86 valence electrons. The number of rotatable bonds is 6. The molecule has 0 spiro atoms. The van der Waals surface area contributed by atoms with E-state index in [1.165, 1.54) is 0 Å². The molecule has 4 heteroatoms. The number of hydrogen-bond donors (Lipinski definition) is 1. The maximum absolute atomic E-state index is 11.5. The molecule has 16 heavy (non-hydrogen) atoms. The number of benzene rings is 1. The van der Waals surface area contributed by atoms with Gasteiger partial charge in [0.05, 0.1) is 6.61 Å². The van der Waals surface area contributed by atoms with Crippen LogP contribution in [0.15, 0.2) is 36.9 Å². The van der Waals surface area contributed by atoms with Crippen LogP contribution < -0.4 is 10.1 Å². The standard InChI is InChI=1S/C12H14BrNO2/c1-2-8-14-12(15)10-3-5-11(6-4-10)16-9-7-13/h2-6H,1,7-9H2,(H,14,15). The Morgan fingerprint density at radius 1 is 1.44 bits per heavy atom. The predicted octanol–water partition coefficient (Wildman–Crippen LogP) is 2.38. The Hall–Kier alpha value is -1.29. The zero-order chi connectivity index (χ0) is 11.8. The first-order chi connectivity index (χ1) is 7.77. The fourth-order valence-electron chi connectivity index (χ4n) is 1.13. The Morgan fingerprint density at radius 2 is 2.12 bits per heavy atom. The summed E-state index contributed by atoms with van der Waals surface area (Å²) in [6, 6.07) is 7.04. The number of hydrogen-bond acceptors (Lipinski definition) is 2.